The zero-order valence-electron chi connectivity index (χ0n) is 17.9. The van der Waals surface area contributed by atoms with Gasteiger partial charge in [0.2, 0.25) is 0 Å². The number of carbonyl (C=O) groups excluding carboxylic acids is 1. The summed E-state index contributed by atoms with van der Waals surface area (Å²) in [6.45, 7) is 2.87. The van der Waals surface area contributed by atoms with Gasteiger partial charge in [-0.05, 0) is 53.6 Å². The Kier molecular flexibility index (Phi) is 6.35. The number of rotatable bonds is 7. The predicted molar refractivity (Wildman–Crippen MR) is 120 cm³/mol. The van der Waals surface area contributed by atoms with Crippen LogP contribution in [0, 0.1) is 5.82 Å². The summed E-state index contributed by atoms with van der Waals surface area (Å²) in [5, 5.41) is 8.52. The third kappa shape index (κ3) is 4.72. The van der Waals surface area contributed by atoms with Crippen LogP contribution in [0.2, 0.25) is 0 Å². The molecule has 0 unspecified atom stereocenters. The van der Waals surface area contributed by atoms with E-state index in [1.807, 2.05) is 31.2 Å². The summed E-state index contributed by atoms with van der Waals surface area (Å²) >= 11 is 0. The van der Waals surface area contributed by atoms with Crippen molar-refractivity contribution in [3.63, 3.8) is 0 Å². The quantitative estimate of drug-likeness (QED) is 0.559. The van der Waals surface area contributed by atoms with Crippen LogP contribution in [0.3, 0.4) is 0 Å². The van der Waals surface area contributed by atoms with Gasteiger partial charge in [0.15, 0.2) is 5.88 Å². The second kappa shape index (κ2) is 9.51. The maximum atomic E-state index is 13.5. The molecular weight excluding hydrogens is 409 g/mol. The van der Waals surface area contributed by atoms with Gasteiger partial charge >= 0.3 is 5.97 Å². The molecule has 0 saturated heterocycles. The van der Waals surface area contributed by atoms with Gasteiger partial charge < -0.3 is 20.1 Å². The molecule has 2 aromatic carbocycles. The number of aromatic nitrogens is 1. The Morgan fingerprint density at radius 1 is 1.22 bits per heavy atom. The van der Waals surface area contributed by atoms with Crippen molar-refractivity contribution in [2.24, 2.45) is 0 Å². The largest absolute Gasteiger partial charge is 0.474 e. The first-order chi connectivity index (χ1) is 15.5. The molecule has 2 heterocycles. The monoisotopic (exact) mass is 433 g/mol. The maximum absolute atomic E-state index is 13.5. The highest BCUT2D eigenvalue weighted by molar-refractivity contribution is 5.89. The van der Waals surface area contributed by atoms with E-state index in [9.17, 15) is 9.18 Å². The lowest BCUT2D eigenvalue weighted by Gasteiger charge is -2.20. The van der Waals surface area contributed by atoms with E-state index in [2.05, 4.69) is 21.7 Å². The highest BCUT2D eigenvalue weighted by Crippen LogP contribution is 2.17. The molecule has 0 aliphatic carbocycles. The van der Waals surface area contributed by atoms with Crippen LogP contribution in [-0.4, -0.2) is 24.6 Å². The van der Waals surface area contributed by atoms with Crippen molar-refractivity contribution in [2.75, 3.05) is 19.0 Å². The van der Waals surface area contributed by atoms with Crippen molar-refractivity contribution < 1.29 is 18.7 Å². The van der Waals surface area contributed by atoms with Gasteiger partial charge in [-0.1, -0.05) is 30.3 Å². The first-order valence-electron chi connectivity index (χ1n) is 10.3. The average Bonchev–Trinajstić information content (AvgIpc) is 2.82. The molecule has 4 rings (SSSR count). The molecule has 0 fully saturated rings. The smallest absolute Gasteiger partial charge is 0.337 e. The van der Waals surface area contributed by atoms with Crippen LogP contribution in [0.25, 0.3) is 12.0 Å². The topological polar surface area (TPSA) is 72.5 Å². The number of fused-ring (bicyclic) bond motifs is 1. The van der Waals surface area contributed by atoms with Crippen molar-refractivity contribution in [3.8, 4) is 0 Å². The van der Waals surface area contributed by atoms with Gasteiger partial charge in [0, 0.05) is 18.8 Å². The van der Waals surface area contributed by atoms with E-state index in [1.54, 1.807) is 24.4 Å². The third-order valence-electron chi connectivity index (χ3n) is 5.25. The number of nitrogens with one attached hydrogen (secondary N) is 2. The molecule has 7 heteroatoms. The fraction of sp³-hybridized carbons (Fsp3) is 0.200. The van der Waals surface area contributed by atoms with Gasteiger partial charge in [0.1, 0.15) is 18.2 Å². The van der Waals surface area contributed by atoms with E-state index in [-0.39, 0.29) is 24.4 Å². The number of ether oxygens (including phenoxy) is 2. The molecule has 164 valence electrons. The second-order valence-corrected chi connectivity index (χ2v) is 7.44. The highest BCUT2D eigenvalue weighted by Gasteiger charge is 2.14. The molecule has 3 aromatic rings. The zero-order chi connectivity index (χ0) is 22.5. The lowest BCUT2D eigenvalue weighted by Crippen LogP contribution is -2.41. The molecule has 0 amide bonds. The number of nitrogens with zero attached hydrogens (tertiary/aromatic N) is 1. The third-order valence-corrected chi connectivity index (χ3v) is 5.25. The van der Waals surface area contributed by atoms with E-state index < -0.39 is 0 Å². The number of hydrogen-bond donors (Lipinski definition) is 2. The summed E-state index contributed by atoms with van der Waals surface area (Å²) in [5.74, 6) is 0.602. The van der Waals surface area contributed by atoms with Crippen LogP contribution in [0.1, 0.15) is 34.5 Å². The van der Waals surface area contributed by atoms with Gasteiger partial charge in [-0.3, -0.25) is 0 Å². The fourth-order valence-corrected chi connectivity index (χ4v) is 3.56. The Labute approximate surface area is 185 Å². The first-order valence-corrected chi connectivity index (χ1v) is 10.3. The van der Waals surface area contributed by atoms with Crippen molar-refractivity contribution in [2.45, 2.75) is 19.6 Å². The number of benzene rings is 2. The fourth-order valence-electron chi connectivity index (χ4n) is 3.56. The van der Waals surface area contributed by atoms with E-state index in [1.165, 1.54) is 19.2 Å². The summed E-state index contributed by atoms with van der Waals surface area (Å²) in [7, 11) is 1.36. The Balaban J connectivity index is 1.60. The van der Waals surface area contributed by atoms with Gasteiger partial charge in [0.25, 0.3) is 0 Å². The number of methoxy groups -OCH3 is 1. The molecule has 1 aromatic heterocycles. The highest BCUT2D eigenvalue weighted by atomic mass is 19.1. The molecule has 0 bridgehead atoms. The van der Waals surface area contributed by atoms with E-state index >= 15 is 0 Å². The molecule has 0 saturated carbocycles. The SMILES string of the molecule is COC(=O)c1ccc([C@H](C)Nc2nccc3c2=C(OCc2cccc(F)c2)NCC=3)cc1. The van der Waals surface area contributed by atoms with Gasteiger partial charge in [-0.2, -0.15) is 0 Å². The van der Waals surface area contributed by atoms with Gasteiger partial charge in [0.05, 0.1) is 17.9 Å². The van der Waals surface area contributed by atoms with Gasteiger partial charge in [-0.15, -0.1) is 0 Å². The molecular formula is C25H24FN3O3. The zero-order valence-corrected chi connectivity index (χ0v) is 17.9. The van der Waals surface area contributed by atoms with E-state index in [0.29, 0.717) is 23.8 Å². The van der Waals surface area contributed by atoms with Crippen LogP contribution >= 0.6 is 0 Å². The lowest BCUT2D eigenvalue weighted by molar-refractivity contribution is 0.0600. The summed E-state index contributed by atoms with van der Waals surface area (Å²) in [4.78, 5) is 16.2. The Bertz CT molecular complexity index is 1240. The van der Waals surface area contributed by atoms with Crippen molar-refractivity contribution in [1.82, 2.24) is 10.3 Å². The minimum Gasteiger partial charge on any atom is -0.474 e. The first kappa shape index (κ1) is 21.4. The Morgan fingerprint density at radius 3 is 2.78 bits per heavy atom. The number of anilines is 1. The molecule has 1 atom stereocenters. The average molecular weight is 433 g/mol. The normalized spacial score (nSPS) is 13.3. The summed E-state index contributed by atoms with van der Waals surface area (Å²) in [6.07, 6.45) is 3.81. The van der Waals surface area contributed by atoms with Crippen molar-refractivity contribution in [3.05, 3.63) is 93.7 Å². The van der Waals surface area contributed by atoms with Crippen molar-refractivity contribution >= 4 is 23.7 Å². The number of halogens is 1. The molecule has 1 aliphatic heterocycles. The minimum absolute atomic E-state index is 0.0768. The molecule has 1 aliphatic rings. The van der Waals surface area contributed by atoms with E-state index in [4.69, 9.17) is 9.47 Å². The molecule has 2 N–H and O–H groups in total. The summed E-state index contributed by atoms with van der Waals surface area (Å²) in [6, 6.07) is 15.4. The van der Waals surface area contributed by atoms with Gasteiger partial charge in [-0.25, -0.2) is 14.2 Å². The van der Waals surface area contributed by atoms with Crippen LogP contribution < -0.4 is 21.1 Å². The molecule has 32 heavy (non-hydrogen) atoms. The standard InChI is InChI=1S/C25H24FN3O3/c1-16(18-6-8-20(9-7-18)25(30)31-2)29-23-22-19(10-12-27-23)11-13-28-24(22)32-15-17-4-3-5-21(26)14-17/h3-12,14,16,28H,13,15H2,1-2H3,(H,27,29)/t16-/m0/s1. The Hall–Kier alpha value is -3.87. The minimum atomic E-state index is -0.368. The Morgan fingerprint density at radius 2 is 2.03 bits per heavy atom. The van der Waals surface area contributed by atoms with Crippen LogP contribution in [-0.2, 0) is 16.1 Å². The number of hydrogen-bond acceptors (Lipinski definition) is 6. The predicted octanol–water partition coefficient (Wildman–Crippen LogP) is 2.85. The number of esters is 1. The van der Waals surface area contributed by atoms with Crippen LogP contribution in [0.15, 0.2) is 60.8 Å². The molecule has 6 nitrogen and oxygen atoms in total. The second-order valence-electron chi connectivity index (χ2n) is 7.44. The number of carbonyl (C=O) groups is 1. The van der Waals surface area contributed by atoms with Crippen LogP contribution in [0.5, 0.6) is 0 Å². The summed E-state index contributed by atoms with van der Waals surface area (Å²) < 4.78 is 24.3. The molecule has 0 radical (unpaired) electrons. The van der Waals surface area contributed by atoms with Crippen LogP contribution in [0.4, 0.5) is 10.2 Å². The number of pyridine rings is 1. The van der Waals surface area contributed by atoms with Crippen molar-refractivity contribution in [1.29, 1.82) is 0 Å². The summed E-state index contributed by atoms with van der Waals surface area (Å²) in [5.41, 5.74) is 2.23. The van der Waals surface area contributed by atoms with E-state index in [0.717, 1.165) is 21.6 Å². The maximum Gasteiger partial charge on any atom is 0.337 e. The lowest BCUT2D eigenvalue weighted by atomic mass is 10.1. The molecule has 0 spiro atoms.